The van der Waals surface area contributed by atoms with E-state index in [2.05, 4.69) is 18.9 Å². The van der Waals surface area contributed by atoms with Gasteiger partial charge in [0.25, 0.3) is 0 Å². The molecule has 0 aliphatic heterocycles. The maximum absolute atomic E-state index is 13.0. The fourth-order valence-electron chi connectivity index (χ4n) is 2.92. The van der Waals surface area contributed by atoms with Crippen LogP contribution in [0.4, 0.5) is 4.39 Å². The van der Waals surface area contributed by atoms with E-state index in [0.29, 0.717) is 6.42 Å². The molecule has 1 aromatic carbocycles. The van der Waals surface area contributed by atoms with E-state index in [1.165, 1.54) is 12.1 Å². The average Bonchev–Trinajstić information content (AvgIpc) is 2.66. The van der Waals surface area contributed by atoms with Crippen molar-refractivity contribution < 1.29 is 9.18 Å². The van der Waals surface area contributed by atoms with E-state index >= 15 is 0 Å². The smallest absolute Gasteiger partial charge is 0.167 e. The van der Waals surface area contributed by atoms with Crippen LogP contribution in [0.15, 0.2) is 24.3 Å². The first kappa shape index (κ1) is 13.0. The fourth-order valence-corrected chi connectivity index (χ4v) is 2.92. The number of carbonyl (C=O) groups excluding carboxylic acids is 1. The Bertz CT molecular complexity index is 683. The van der Waals surface area contributed by atoms with Gasteiger partial charge in [0.05, 0.1) is 22.6 Å². The molecule has 2 aromatic rings. The highest BCUT2D eigenvalue weighted by molar-refractivity contribution is 5.99. The monoisotopic (exact) mass is 272 g/mol. The second-order valence-corrected chi connectivity index (χ2v) is 6.24. The van der Waals surface area contributed by atoms with Crippen LogP contribution in [0.25, 0.3) is 5.69 Å². The third-order valence-electron chi connectivity index (χ3n) is 3.82. The van der Waals surface area contributed by atoms with Crippen molar-refractivity contribution in [2.45, 2.75) is 33.6 Å². The van der Waals surface area contributed by atoms with Crippen molar-refractivity contribution in [3.63, 3.8) is 0 Å². The number of hydrogen-bond acceptors (Lipinski definition) is 2. The number of benzene rings is 1. The minimum Gasteiger partial charge on any atom is -0.294 e. The quantitative estimate of drug-likeness (QED) is 0.796. The lowest BCUT2D eigenvalue weighted by Gasteiger charge is -2.27. The summed E-state index contributed by atoms with van der Waals surface area (Å²) in [6.45, 7) is 6.06. The van der Waals surface area contributed by atoms with E-state index < -0.39 is 0 Å². The van der Waals surface area contributed by atoms with Gasteiger partial charge in [-0.1, -0.05) is 13.8 Å². The van der Waals surface area contributed by atoms with E-state index in [1.54, 1.807) is 16.8 Å². The lowest BCUT2D eigenvalue weighted by Crippen LogP contribution is -2.26. The van der Waals surface area contributed by atoms with Crippen LogP contribution in [0, 0.1) is 18.2 Å². The Morgan fingerprint density at radius 3 is 2.50 bits per heavy atom. The number of Topliss-reactive ketones (excluding diaryl/α,β-unsaturated/α-hetero) is 1. The molecule has 0 saturated heterocycles. The highest BCUT2D eigenvalue weighted by Crippen LogP contribution is 2.36. The average molecular weight is 272 g/mol. The van der Waals surface area contributed by atoms with Crippen LogP contribution >= 0.6 is 0 Å². The second kappa shape index (κ2) is 4.27. The Morgan fingerprint density at radius 1 is 1.20 bits per heavy atom. The summed E-state index contributed by atoms with van der Waals surface area (Å²) in [5.74, 6) is -0.123. The number of carbonyl (C=O) groups is 1. The van der Waals surface area contributed by atoms with Crippen LogP contribution in [-0.4, -0.2) is 15.6 Å². The minimum atomic E-state index is -0.277. The zero-order valence-electron chi connectivity index (χ0n) is 11.9. The van der Waals surface area contributed by atoms with Crippen LogP contribution in [0.1, 0.15) is 42.0 Å². The second-order valence-electron chi connectivity index (χ2n) is 6.24. The summed E-state index contributed by atoms with van der Waals surface area (Å²) in [6.07, 6.45) is 1.35. The number of rotatable bonds is 1. The van der Waals surface area contributed by atoms with Crippen molar-refractivity contribution in [3.05, 3.63) is 47.0 Å². The highest BCUT2D eigenvalue weighted by atomic mass is 19.1. The Morgan fingerprint density at radius 2 is 1.85 bits per heavy atom. The maximum atomic E-state index is 13.0. The Hall–Kier alpha value is -1.97. The van der Waals surface area contributed by atoms with Gasteiger partial charge in [0.15, 0.2) is 5.78 Å². The summed E-state index contributed by atoms with van der Waals surface area (Å²) >= 11 is 0. The van der Waals surface area contributed by atoms with Crippen molar-refractivity contribution in [1.82, 2.24) is 9.78 Å². The van der Waals surface area contributed by atoms with E-state index in [-0.39, 0.29) is 17.0 Å². The molecule has 0 saturated carbocycles. The lowest BCUT2D eigenvalue weighted by atomic mass is 9.76. The molecule has 1 aliphatic carbocycles. The molecule has 0 fully saturated rings. The molecular formula is C16H17FN2O. The number of fused-ring (bicyclic) bond motifs is 1. The molecule has 0 unspecified atom stereocenters. The number of nitrogens with zero attached hydrogens (tertiary/aromatic N) is 2. The molecule has 0 bridgehead atoms. The zero-order chi connectivity index (χ0) is 14.5. The Balaban J connectivity index is 2.12. The van der Waals surface area contributed by atoms with Gasteiger partial charge in [-0.3, -0.25) is 4.79 Å². The van der Waals surface area contributed by atoms with Gasteiger partial charge < -0.3 is 0 Å². The molecule has 3 nitrogen and oxygen atoms in total. The largest absolute Gasteiger partial charge is 0.294 e. The van der Waals surface area contributed by atoms with Crippen LogP contribution in [0.3, 0.4) is 0 Å². The van der Waals surface area contributed by atoms with Crippen LogP contribution < -0.4 is 0 Å². The molecule has 1 aliphatic rings. The Labute approximate surface area is 117 Å². The number of aromatic nitrogens is 2. The molecule has 104 valence electrons. The SMILES string of the molecule is Cc1c2c(nn1-c1ccc(F)cc1)CC(C)(C)CC2=O. The van der Waals surface area contributed by atoms with Gasteiger partial charge in [-0.05, 0) is 43.0 Å². The molecule has 0 radical (unpaired) electrons. The fraction of sp³-hybridized carbons (Fsp3) is 0.375. The van der Waals surface area contributed by atoms with Crippen LogP contribution in [0.2, 0.25) is 0 Å². The van der Waals surface area contributed by atoms with E-state index in [1.807, 2.05) is 6.92 Å². The molecular weight excluding hydrogens is 255 g/mol. The predicted octanol–water partition coefficient (Wildman–Crippen LogP) is 3.47. The van der Waals surface area contributed by atoms with Crippen LogP contribution in [0.5, 0.6) is 0 Å². The van der Waals surface area contributed by atoms with Crippen molar-refractivity contribution in [3.8, 4) is 5.69 Å². The van der Waals surface area contributed by atoms with Gasteiger partial charge in [0.1, 0.15) is 5.82 Å². The first-order valence-corrected chi connectivity index (χ1v) is 6.75. The standard InChI is InChI=1S/C16H17FN2O/c1-10-15-13(8-16(2,3)9-14(15)20)18-19(10)12-6-4-11(17)5-7-12/h4-7H,8-9H2,1-3H3. The van der Waals surface area contributed by atoms with E-state index in [0.717, 1.165) is 29.1 Å². The third kappa shape index (κ3) is 2.05. The van der Waals surface area contributed by atoms with E-state index in [9.17, 15) is 9.18 Å². The number of ketones is 1. The van der Waals surface area contributed by atoms with Gasteiger partial charge in [-0.2, -0.15) is 5.10 Å². The van der Waals surface area contributed by atoms with Crippen molar-refractivity contribution in [2.24, 2.45) is 5.41 Å². The van der Waals surface area contributed by atoms with Gasteiger partial charge in [-0.25, -0.2) is 9.07 Å². The molecule has 0 spiro atoms. The molecule has 1 aromatic heterocycles. The van der Waals surface area contributed by atoms with Crippen molar-refractivity contribution in [1.29, 1.82) is 0 Å². The molecule has 0 N–H and O–H groups in total. The molecule has 20 heavy (non-hydrogen) atoms. The first-order valence-electron chi connectivity index (χ1n) is 6.75. The van der Waals surface area contributed by atoms with Crippen molar-refractivity contribution in [2.75, 3.05) is 0 Å². The summed E-state index contributed by atoms with van der Waals surface area (Å²) in [7, 11) is 0. The summed E-state index contributed by atoms with van der Waals surface area (Å²) in [4.78, 5) is 12.3. The summed E-state index contributed by atoms with van der Waals surface area (Å²) in [5, 5.41) is 4.57. The first-order chi connectivity index (χ1) is 9.37. The number of halogens is 1. The number of hydrogen-bond donors (Lipinski definition) is 0. The van der Waals surface area contributed by atoms with Gasteiger partial charge >= 0.3 is 0 Å². The zero-order valence-corrected chi connectivity index (χ0v) is 11.9. The molecule has 0 atom stereocenters. The van der Waals surface area contributed by atoms with Gasteiger partial charge in [0, 0.05) is 6.42 Å². The summed E-state index contributed by atoms with van der Waals surface area (Å²) in [5.41, 5.74) is 3.18. The van der Waals surface area contributed by atoms with Gasteiger partial charge in [-0.15, -0.1) is 0 Å². The topological polar surface area (TPSA) is 34.9 Å². The molecule has 3 rings (SSSR count). The summed E-state index contributed by atoms with van der Waals surface area (Å²) < 4.78 is 14.7. The third-order valence-corrected chi connectivity index (χ3v) is 3.82. The highest BCUT2D eigenvalue weighted by Gasteiger charge is 2.35. The Kier molecular flexibility index (Phi) is 2.78. The minimum absolute atomic E-state index is 0.0432. The predicted molar refractivity (Wildman–Crippen MR) is 74.7 cm³/mol. The molecule has 4 heteroatoms. The van der Waals surface area contributed by atoms with Gasteiger partial charge in [0.2, 0.25) is 0 Å². The maximum Gasteiger partial charge on any atom is 0.167 e. The molecule has 1 heterocycles. The summed E-state index contributed by atoms with van der Waals surface area (Å²) in [6, 6.07) is 6.16. The lowest BCUT2D eigenvalue weighted by molar-refractivity contribution is 0.0911. The van der Waals surface area contributed by atoms with Crippen LogP contribution in [-0.2, 0) is 6.42 Å². The van der Waals surface area contributed by atoms with E-state index in [4.69, 9.17) is 0 Å². The normalized spacial score (nSPS) is 17.1. The van der Waals surface area contributed by atoms with Crippen molar-refractivity contribution >= 4 is 5.78 Å². The molecule has 0 amide bonds.